The molecule has 0 radical (unpaired) electrons. The molecule has 1 aromatic heterocycles. The average molecular weight is 446 g/mol. The van der Waals surface area contributed by atoms with Crippen molar-refractivity contribution < 1.29 is 18.7 Å². The van der Waals surface area contributed by atoms with Gasteiger partial charge in [0.15, 0.2) is 23.9 Å². The van der Waals surface area contributed by atoms with Crippen LogP contribution < -0.4 is 21.1 Å². The molecular weight excluding hydrogens is 427 g/mol. The average Bonchev–Trinajstić information content (AvgIpc) is 2.84. The second-order valence-corrected chi connectivity index (χ2v) is 7.06. The Morgan fingerprint density at radius 2 is 1.55 bits per heavy atom. The summed E-state index contributed by atoms with van der Waals surface area (Å²) in [5, 5.41) is 4.91. The van der Waals surface area contributed by atoms with Gasteiger partial charge in [-0.3, -0.25) is 25.2 Å². The molecule has 0 aliphatic rings. The Kier molecular flexibility index (Phi) is 6.40. The maximum Gasteiger partial charge on any atom is 0.290 e. The second-order valence-electron chi connectivity index (χ2n) is 7.06. The lowest BCUT2D eigenvalue weighted by atomic mass is 10.1. The molecular formula is C24H19FN4O4. The molecule has 0 saturated heterocycles. The van der Waals surface area contributed by atoms with Crippen LogP contribution in [0.3, 0.4) is 0 Å². The van der Waals surface area contributed by atoms with Gasteiger partial charge in [0.05, 0.1) is 11.9 Å². The minimum atomic E-state index is -0.716. The van der Waals surface area contributed by atoms with Crippen LogP contribution in [-0.2, 0) is 11.3 Å². The summed E-state index contributed by atoms with van der Waals surface area (Å²) < 4.78 is 19.9. The molecule has 1 heterocycles. The van der Waals surface area contributed by atoms with E-state index in [0.29, 0.717) is 10.8 Å². The number of benzene rings is 3. The number of amides is 2. The highest BCUT2D eigenvalue weighted by Gasteiger charge is 2.17. The van der Waals surface area contributed by atoms with Crippen molar-refractivity contribution in [1.29, 1.82) is 0 Å². The van der Waals surface area contributed by atoms with E-state index in [1.807, 2.05) is 30.3 Å². The Labute approximate surface area is 187 Å². The van der Waals surface area contributed by atoms with E-state index in [-0.39, 0.29) is 23.5 Å². The number of carbonyl (C=O) groups is 2. The Hall–Kier alpha value is -4.53. The van der Waals surface area contributed by atoms with Gasteiger partial charge in [0.25, 0.3) is 17.4 Å². The molecule has 0 aliphatic carbocycles. The molecule has 0 aliphatic heterocycles. The van der Waals surface area contributed by atoms with Crippen LogP contribution in [0.4, 0.5) is 4.39 Å². The normalized spacial score (nSPS) is 10.6. The summed E-state index contributed by atoms with van der Waals surface area (Å²) in [6.07, 6.45) is 0. The van der Waals surface area contributed by atoms with Gasteiger partial charge < -0.3 is 4.74 Å². The zero-order valence-electron chi connectivity index (χ0n) is 17.3. The van der Waals surface area contributed by atoms with Gasteiger partial charge >= 0.3 is 0 Å². The van der Waals surface area contributed by atoms with Crippen LogP contribution in [0.5, 0.6) is 5.75 Å². The van der Waals surface area contributed by atoms with E-state index >= 15 is 0 Å². The van der Waals surface area contributed by atoms with E-state index in [2.05, 4.69) is 16.0 Å². The van der Waals surface area contributed by atoms with Crippen LogP contribution in [0.25, 0.3) is 10.8 Å². The molecule has 0 fully saturated rings. The molecule has 4 rings (SSSR count). The molecule has 0 bridgehead atoms. The van der Waals surface area contributed by atoms with Gasteiger partial charge in [-0.1, -0.05) is 60.7 Å². The van der Waals surface area contributed by atoms with Crippen molar-refractivity contribution in [2.24, 2.45) is 0 Å². The second kappa shape index (κ2) is 9.73. The first kappa shape index (κ1) is 21.7. The molecule has 4 aromatic rings. The van der Waals surface area contributed by atoms with Crippen LogP contribution in [0.1, 0.15) is 16.1 Å². The minimum absolute atomic E-state index is 0.0311. The highest BCUT2D eigenvalue weighted by Crippen LogP contribution is 2.15. The van der Waals surface area contributed by atoms with E-state index in [1.165, 1.54) is 22.9 Å². The maximum atomic E-state index is 13.6. The monoisotopic (exact) mass is 446 g/mol. The number of halogens is 1. The summed E-state index contributed by atoms with van der Waals surface area (Å²) in [4.78, 5) is 37.7. The van der Waals surface area contributed by atoms with Crippen LogP contribution in [0.2, 0.25) is 0 Å². The van der Waals surface area contributed by atoms with Crippen LogP contribution in [0.15, 0.2) is 83.7 Å². The first-order valence-corrected chi connectivity index (χ1v) is 10.0. The number of hydrogen-bond acceptors (Lipinski definition) is 5. The number of para-hydroxylation sites is 1. The molecule has 2 amide bonds. The Balaban J connectivity index is 1.51. The summed E-state index contributed by atoms with van der Waals surface area (Å²) in [6.45, 7) is -0.337. The third kappa shape index (κ3) is 5.04. The van der Waals surface area contributed by atoms with Crippen molar-refractivity contribution in [3.05, 3.63) is 106 Å². The molecule has 0 unspecified atom stereocenters. The number of hydrazine groups is 1. The molecule has 0 atom stereocenters. The van der Waals surface area contributed by atoms with Gasteiger partial charge in [0, 0.05) is 5.39 Å². The molecule has 33 heavy (non-hydrogen) atoms. The van der Waals surface area contributed by atoms with Gasteiger partial charge in [0.2, 0.25) is 0 Å². The number of carbonyl (C=O) groups excluding carboxylic acids is 2. The number of nitrogens with one attached hydrogen (secondary N) is 2. The van der Waals surface area contributed by atoms with Crippen molar-refractivity contribution in [3.63, 3.8) is 0 Å². The summed E-state index contributed by atoms with van der Waals surface area (Å²) in [6, 6.07) is 21.5. The summed E-state index contributed by atoms with van der Waals surface area (Å²) in [5.41, 5.74) is 4.94. The summed E-state index contributed by atoms with van der Waals surface area (Å²) in [5.74, 6) is -2.11. The van der Waals surface area contributed by atoms with Gasteiger partial charge in [-0.25, -0.2) is 9.07 Å². The fourth-order valence-corrected chi connectivity index (χ4v) is 3.19. The lowest BCUT2D eigenvalue weighted by molar-refractivity contribution is -0.123. The zero-order chi connectivity index (χ0) is 23.2. The number of aromatic nitrogens is 2. The molecule has 166 valence electrons. The van der Waals surface area contributed by atoms with E-state index in [1.54, 1.807) is 30.3 Å². The predicted octanol–water partition coefficient (Wildman–Crippen LogP) is 2.42. The Morgan fingerprint density at radius 1 is 0.879 bits per heavy atom. The number of fused-ring (bicyclic) bond motifs is 1. The summed E-state index contributed by atoms with van der Waals surface area (Å²) >= 11 is 0. The van der Waals surface area contributed by atoms with Crippen molar-refractivity contribution >= 4 is 22.6 Å². The largest absolute Gasteiger partial charge is 0.481 e. The number of hydrogen-bond donors (Lipinski definition) is 2. The smallest absolute Gasteiger partial charge is 0.290 e. The van der Waals surface area contributed by atoms with Crippen LogP contribution >= 0.6 is 0 Å². The van der Waals surface area contributed by atoms with Crippen molar-refractivity contribution in [1.82, 2.24) is 20.6 Å². The molecule has 3 aromatic carbocycles. The fraction of sp³-hybridized carbons (Fsp3) is 0.0833. The molecule has 9 heteroatoms. The van der Waals surface area contributed by atoms with E-state index in [4.69, 9.17) is 4.74 Å². The quantitative estimate of drug-likeness (QED) is 0.443. The lowest BCUT2D eigenvalue weighted by Gasteiger charge is -2.12. The lowest BCUT2D eigenvalue weighted by Crippen LogP contribution is -2.44. The predicted molar refractivity (Wildman–Crippen MR) is 119 cm³/mol. The van der Waals surface area contributed by atoms with E-state index < -0.39 is 24.2 Å². The first-order chi connectivity index (χ1) is 16.0. The highest BCUT2D eigenvalue weighted by molar-refractivity contribution is 6.05. The van der Waals surface area contributed by atoms with Crippen molar-refractivity contribution in [3.8, 4) is 5.75 Å². The number of rotatable bonds is 6. The van der Waals surface area contributed by atoms with Crippen molar-refractivity contribution in [2.45, 2.75) is 6.54 Å². The van der Waals surface area contributed by atoms with E-state index in [9.17, 15) is 18.8 Å². The fourth-order valence-electron chi connectivity index (χ4n) is 3.19. The summed E-state index contributed by atoms with van der Waals surface area (Å²) in [7, 11) is 0. The minimum Gasteiger partial charge on any atom is -0.481 e. The Bertz CT molecular complexity index is 1370. The highest BCUT2D eigenvalue weighted by atomic mass is 19.1. The third-order valence-corrected chi connectivity index (χ3v) is 4.77. The maximum absolute atomic E-state index is 13.6. The number of ether oxygens (including phenoxy) is 1. The SMILES string of the molecule is O=C(COc1ccccc1F)NNC(=O)c1nn(Cc2ccccc2)c(=O)c2ccccc12. The zero-order valence-corrected chi connectivity index (χ0v) is 17.3. The van der Waals surface area contributed by atoms with Gasteiger partial charge in [-0.05, 0) is 23.8 Å². The molecule has 2 N–H and O–H groups in total. The van der Waals surface area contributed by atoms with Crippen molar-refractivity contribution in [2.75, 3.05) is 6.61 Å². The molecule has 8 nitrogen and oxygen atoms in total. The van der Waals surface area contributed by atoms with E-state index in [0.717, 1.165) is 5.56 Å². The van der Waals surface area contributed by atoms with Gasteiger partial charge in [0.1, 0.15) is 0 Å². The van der Waals surface area contributed by atoms with Crippen LogP contribution in [-0.4, -0.2) is 28.2 Å². The standard InChI is InChI=1S/C24H19FN4O4/c25-19-12-6-7-13-20(19)33-15-21(30)26-27-23(31)22-17-10-4-5-11-18(17)24(32)29(28-22)14-16-8-2-1-3-9-16/h1-13H,14-15H2,(H,26,30)(H,27,31). The molecule has 0 spiro atoms. The topological polar surface area (TPSA) is 102 Å². The van der Waals surface area contributed by atoms with Gasteiger partial charge in [-0.15, -0.1) is 0 Å². The molecule has 0 saturated carbocycles. The number of nitrogens with zero attached hydrogens (tertiary/aromatic N) is 2. The first-order valence-electron chi connectivity index (χ1n) is 10.0. The van der Waals surface area contributed by atoms with Gasteiger partial charge in [-0.2, -0.15) is 5.10 Å². The van der Waals surface area contributed by atoms with Crippen LogP contribution in [0, 0.1) is 5.82 Å². The Morgan fingerprint density at radius 3 is 2.30 bits per heavy atom. The third-order valence-electron chi connectivity index (χ3n) is 4.77.